The minimum Gasteiger partial charge on any atom is -0.349 e. The van der Waals surface area contributed by atoms with Crippen molar-refractivity contribution in [2.45, 2.75) is 44.2 Å². The summed E-state index contributed by atoms with van der Waals surface area (Å²) in [5.74, 6) is -0.674. The van der Waals surface area contributed by atoms with E-state index < -0.39 is 11.9 Å². The molecule has 3 aliphatic rings. The first kappa shape index (κ1) is 22.8. The highest BCUT2D eigenvalue weighted by Crippen LogP contribution is 2.35. The molecular weight excluding hydrogens is 480 g/mol. The molecule has 2 fully saturated rings. The smallest absolute Gasteiger partial charge is 0.271 e. The minimum absolute atomic E-state index is 0.0888. The predicted octanol–water partition coefficient (Wildman–Crippen LogP) is 3.60. The number of hydrogen-bond donors (Lipinski definition) is 2. The highest BCUT2D eigenvalue weighted by atomic mass is 35.5. The van der Waals surface area contributed by atoms with E-state index in [1.165, 1.54) is 0 Å². The quantitative estimate of drug-likeness (QED) is 0.532. The third-order valence-corrected chi connectivity index (χ3v) is 8.05. The number of nitrogens with one attached hydrogen (secondary N) is 2. The normalized spacial score (nSPS) is 20.7. The van der Waals surface area contributed by atoms with Gasteiger partial charge in [0.2, 0.25) is 11.8 Å². The summed E-state index contributed by atoms with van der Waals surface area (Å²) in [6.45, 7) is 1.60. The van der Waals surface area contributed by atoms with Crippen LogP contribution in [0.25, 0.3) is 10.9 Å². The number of nitrogens with zero attached hydrogens (tertiary/aromatic N) is 2. The van der Waals surface area contributed by atoms with Crippen molar-refractivity contribution in [1.82, 2.24) is 20.1 Å². The van der Waals surface area contributed by atoms with Crippen LogP contribution in [0.5, 0.6) is 0 Å². The second kappa shape index (κ2) is 8.78. The van der Waals surface area contributed by atoms with Crippen molar-refractivity contribution in [3.63, 3.8) is 0 Å². The van der Waals surface area contributed by atoms with E-state index in [1.807, 2.05) is 41.3 Å². The van der Waals surface area contributed by atoms with Crippen LogP contribution in [-0.2, 0) is 16.1 Å². The second-order valence-electron chi connectivity index (χ2n) is 9.74. The van der Waals surface area contributed by atoms with Gasteiger partial charge in [-0.15, -0.1) is 0 Å². The number of hydrogen-bond acceptors (Lipinski definition) is 4. The number of carbonyl (C=O) groups excluding carboxylic acids is 4. The fraction of sp³-hybridized carbons (Fsp3) is 0.333. The molecule has 4 amide bonds. The van der Waals surface area contributed by atoms with Crippen molar-refractivity contribution in [3.05, 3.63) is 69.9 Å². The van der Waals surface area contributed by atoms with Gasteiger partial charge in [0.1, 0.15) is 11.7 Å². The van der Waals surface area contributed by atoms with Crippen LogP contribution >= 0.6 is 11.6 Å². The molecule has 0 radical (unpaired) electrons. The molecule has 1 unspecified atom stereocenters. The van der Waals surface area contributed by atoms with Crippen LogP contribution in [0.1, 0.15) is 63.6 Å². The standard InChI is InChI=1S/C27H25ClN4O4/c28-23-19-3-1-2-4-20(19)29-24(23)27(36)31-11-9-15(10-12-31)16-5-6-18-17(13-16)14-32(26(18)35)21-7-8-22(33)30-25(21)34/h1-6,13,15,21,29H,7-12,14H2,(H,30,33,34). The number of halogens is 1. The van der Waals surface area contributed by atoms with Crippen LogP contribution < -0.4 is 5.32 Å². The van der Waals surface area contributed by atoms with Gasteiger partial charge in [-0.3, -0.25) is 24.5 Å². The van der Waals surface area contributed by atoms with Crippen LogP contribution in [-0.4, -0.2) is 57.5 Å². The third-order valence-electron chi connectivity index (χ3n) is 7.66. The summed E-state index contributed by atoms with van der Waals surface area (Å²) in [6.07, 6.45) is 2.22. The van der Waals surface area contributed by atoms with E-state index in [2.05, 4.69) is 16.4 Å². The summed E-state index contributed by atoms with van der Waals surface area (Å²) in [4.78, 5) is 56.5. The first-order chi connectivity index (χ1) is 17.4. The lowest BCUT2D eigenvalue weighted by Crippen LogP contribution is -2.52. The van der Waals surface area contributed by atoms with Crippen LogP contribution in [0.3, 0.4) is 0 Å². The monoisotopic (exact) mass is 504 g/mol. The number of likely N-dealkylation sites (tertiary alicyclic amines) is 1. The molecule has 1 aromatic heterocycles. The molecule has 0 aliphatic carbocycles. The number of para-hydroxylation sites is 1. The van der Waals surface area contributed by atoms with E-state index in [1.54, 1.807) is 4.90 Å². The molecular formula is C27H25ClN4O4. The third kappa shape index (κ3) is 3.76. The van der Waals surface area contributed by atoms with E-state index in [9.17, 15) is 19.2 Å². The van der Waals surface area contributed by atoms with Crippen LogP contribution in [0, 0.1) is 0 Å². The number of H-pyrrole nitrogens is 1. The highest BCUT2D eigenvalue weighted by molar-refractivity contribution is 6.38. The fourth-order valence-corrected chi connectivity index (χ4v) is 5.97. The first-order valence-electron chi connectivity index (χ1n) is 12.2. The lowest BCUT2D eigenvalue weighted by Gasteiger charge is -2.32. The number of imide groups is 1. The zero-order chi connectivity index (χ0) is 25.0. The van der Waals surface area contributed by atoms with E-state index in [4.69, 9.17) is 11.6 Å². The molecule has 8 nitrogen and oxygen atoms in total. The lowest BCUT2D eigenvalue weighted by atomic mass is 9.88. The fourth-order valence-electron chi connectivity index (χ4n) is 5.68. The molecule has 3 aromatic rings. The van der Waals surface area contributed by atoms with Crippen molar-refractivity contribution in [2.24, 2.45) is 0 Å². The summed E-state index contributed by atoms with van der Waals surface area (Å²) >= 11 is 6.49. The second-order valence-corrected chi connectivity index (χ2v) is 10.1. The van der Waals surface area contributed by atoms with Crippen molar-refractivity contribution < 1.29 is 19.2 Å². The summed E-state index contributed by atoms with van der Waals surface area (Å²) in [5, 5.41) is 3.64. The number of rotatable bonds is 3. The molecule has 184 valence electrons. The van der Waals surface area contributed by atoms with Crippen LogP contribution in [0.15, 0.2) is 42.5 Å². The summed E-state index contributed by atoms with van der Waals surface area (Å²) in [6, 6.07) is 12.9. The van der Waals surface area contributed by atoms with Gasteiger partial charge >= 0.3 is 0 Å². The molecule has 0 spiro atoms. The summed E-state index contributed by atoms with van der Waals surface area (Å²) in [7, 11) is 0. The summed E-state index contributed by atoms with van der Waals surface area (Å²) < 4.78 is 0. The average Bonchev–Trinajstić information content (AvgIpc) is 3.40. The van der Waals surface area contributed by atoms with Gasteiger partial charge in [-0.25, -0.2) is 0 Å². The largest absolute Gasteiger partial charge is 0.349 e. The Morgan fingerprint density at radius 3 is 2.53 bits per heavy atom. The first-order valence-corrected chi connectivity index (χ1v) is 12.6. The molecule has 9 heteroatoms. The number of aromatic amines is 1. The Hall–Kier alpha value is -3.65. The van der Waals surface area contributed by atoms with E-state index in [0.717, 1.165) is 34.9 Å². The Bertz CT molecular complexity index is 1420. The van der Waals surface area contributed by atoms with Gasteiger partial charge < -0.3 is 14.8 Å². The number of carbonyl (C=O) groups is 4. The Morgan fingerprint density at radius 2 is 1.78 bits per heavy atom. The molecule has 0 bridgehead atoms. The molecule has 6 rings (SSSR count). The number of amides is 4. The number of aromatic nitrogens is 1. The van der Waals surface area contributed by atoms with Gasteiger partial charge in [-0.1, -0.05) is 41.9 Å². The van der Waals surface area contributed by atoms with Crippen molar-refractivity contribution in [1.29, 1.82) is 0 Å². The average molecular weight is 505 g/mol. The molecule has 2 saturated heterocycles. The van der Waals surface area contributed by atoms with Gasteiger partial charge in [0.05, 0.1) is 5.02 Å². The van der Waals surface area contributed by atoms with E-state index in [-0.39, 0.29) is 30.1 Å². The lowest BCUT2D eigenvalue weighted by molar-refractivity contribution is -0.136. The SMILES string of the molecule is O=C1CCC(N2Cc3cc(C4CCN(C(=O)c5[nH]c6ccccc6c5Cl)CC4)ccc3C2=O)C(=O)N1. The summed E-state index contributed by atoms with van der Waals surface area (Å²) in [5.41, 5.74) is 3.94. The topological polar surface area (TPSA) is 103 Å². The van der Waals surface area contributed by atoms with Crippen molar-refractivity contribution in [2.75, 3.05) is 13.1 Å². The van der Waals surface area contributed by atoms with Crippen molar-refractivity contribution >= 4 is 46.1 Å². The zero-order valence-electron chi connectivity index (χ0n) is 19.6. The minimum atomic E-state index is -0.614. The van der Waals surface area contributed by atoms with Crippen LogP contribution in [0.4, 0.5) is 0 Å². The van der Waals surface area contributed by atoms with Crippen LogP contribution in [0.2, 0.25) is 5.02 Å². The van der Waals surface area contributed by atoms with Crippen molar-refractivity contribution in [3.8, 4) is 0 Å². The molecule has 2 aromatic carbocycles. The molecule has 1 atom stereocenters. The Kier molecular flexibility index (Phi) is 5.56. The van der Waals surface area contributed by atoms with E-state index in [0.29, 0.717) is 42.3 Å². The van der Waals surface area contributed by atoms with Gasteiger partial charge in [0.15, 0.2) is 0 Å². The van der Waals surface area contributed by atoms with Gasteiger partial charge in [-0.05, 0) is 48.4 Å². The Balaban J connectivity index is 1.13. The van der Waals surface area contributed by atoms with E-state index >= 15 is 0 Å². The van der Waals surface area contributed by atoms with Gasteiger partial charge in [-0.2, -0.15) is 0 Å². The Labute approximate surface area is 212 Å². The van der Waals surface area contributed by atoms with Gasteiger partial charge in [0, 0.05) is 42.5 Å². The number of benzene rings is 2. The molecule has 2 N–H and O–H groups in total. The maximum Gasteiger partial charge on any atom is 0.271 e. The maximum atomic E-state index is 13.2. The number of piperidine rings is 2. The molecule has 0 saturated carbocycles. The molecule has 36 heavy (non-hydrogen) atoms. The Morgan fingerprint density at radius 1 is 1.00 bits per heavy atom. The highest BCUT2D eigenvalue weighted by Gasteiger charge is 2.39. The predicted molar refractivity (Wildman–Crippen MR) is 134 cm³/mol. The number of fused-ring (bicyclic) bond motifs is 2. The zero-order valence-corrected chi connectivity index (χ0v) is 20.3. The van der Waals surface area contributed by atoms with Gasteiger partial charge in [0.25, 0.3) is 11.8 Å². The molecule has 3 aliphatic heterocycles. The molecule has 4 heterocycles. The maximum absolute atomic E-state index is 13.2.